The van der Waals surface area contributed by atoms with Gasteiger partial charge in [-0.1, -0.05) is 23.7 Å². The first-order valence-electron chi connectivity index (χ1n) is 10.3. The molecule has 2 aliphatic heterocycles. The first-order chi connectivity index (χ1) is 15.0. The molecule has 4 nitrogen and oxygen atoms in total. The van der Waals surface area contributed by atoms with Crippen molar-refractivity contribution >= 4 is 51.8 Å². The van der Waals surface area contributed by atoms with Gasteiger partial charge in [0.15, 0.2) is 0 Å². The highest BCUT2D eigenvalue weighted by molar-refractivity contribution is 8.18. The zero-order valence-corrected chi connectivity index (χ0v) is 20.2. The molecule has 1 saturated heterocycles. The molecule has 0 N–H and O–H groups in total. The van der Waals surface area contributed by atoms with Gasteiger partial charge < -0.3 is 4.90 Å². The van der Waals surface area contributed by atoms with Gasteiger partial charge in [0.05, 0.1) is 17.0 Å². The third-order valence-corrected chi connectivity index (χ3v) is 7.40. The van der Waals surface area contributed by atoms with E-state index in [0.717, 1.165) is 39.0 Å². The molecule has 4 rings (SSSR count). The normalized spacial score (nSPS) is 19.0. The Hall–Kier alpha value is -2.57. The van der Waals surface area contributed by atoms with E-state index in [0.29, 0.717) is 4.91 Å². The van der Waals surface area contributed by atoms with Crippen molar-refractivity contribution in [2.45, 2.75) is 39.8 Å². The first-order valence-corrected chi connectivity index (χ1v) is 11.5. The minimum atomic E-state index is -0.541. The van der Waals surface area contributed by atoms with Crippen molar-refractivity contribution in [3.05, 3.63) is 74.4 Å². The molecule has 2 amide bonds. The number of carbonyl (C=O) groups excluding carboxylic acids is 2. The number of rotatable bonds is 3. The average Bonchev–Trinajstić information content (AvgIpc) is 2.97. The van der Waals surface area contributed by atoms with Gasteiger partial charge in [0, 0.05) is 28.9 Å². The average molecular weight is 471 g/mol. The molecule has 0 atom stereocenters. The van der Waals surface area contributed by atoms with Crippen molar-refractivity contribution in [2.75, 3.05) is 11.9 Å². The van der Waals surface area contributed by atoms with E-state index in [9.17, 15) is 14.0 Å². The van der Waals surface area contributed by atoms with E-state index >= 15 is 0 Å². The number of nitrogens with zero attached hydrogens (tertiary/aromatic N) is 2. The van der Waals surface area contributed by atoms with E-state index < -0.39 is 17.0 Å². The Labute approximate surface area is 196 Å². The summed E-state index contributed by atoms with van der Waals surface area (Å²) in [6.45, 7) is 8.21. The fraction of sp³-hybridized carbons (Fsp3) is 0.280. The molecule has 2 aliphatic rings. The number of carbonyl (C=O) groups is 2. The maximum Gasteiger partial charge on any atom is 0.293 e. The van der Waals surface area contributed by atoms with Gasteiger partial charge in [0.1, 0.15) is 5.82 Å². The topological polar surface area (TPSA) is 40.6 Å². The number of aryl methyl sites for hydroxylation is 1. The maximum absolute atomic E-state index is 14.2. The van der Waals surface area contributed by atoms with Gasteiger partial charge in [-0.3, -0.25) is 14.5 Å². The molecule has 0 unspecified atom stereocenters. The van der Waals surface area contributed by atoms with Gasteiger partial charge in [-0.05, 0) is 86.5 Å². The van der Waals surface area contributed by atoms with Crippen molar-refractivity contribution in [3.63, 3.8) is 0 Å². The quantitative estimate of drug-likeness (QED) is 0.470. The Morgan fingerprint density at radius 3 is 2.59 bits per heavy atom. The van der Waals surface area contributed by atoms with E-state index in [2.05, 4.69) is 50.9 Å². The van der Waals surface area contributed by atoms with Gasteiger partial charge in [0.2, 0.25) is 0 Å². The summed E-state index contributed by atoms with van der Waals surface area (Å²) in [4.78, 5) is 29.1. The summed E-state index contributed by atoms with van der Waals surface area (Å²) in [6.07, 6.45) is 3.97. The predicted octanol–water partition coefficient (Wildman–Crippen LogP) is 6.66. The summed E-state index contributed by atoms with van der Waals surface area (Å²) in [5.74, 6) is -0.984. The lowest BCUT2D eigenvalue weighted by Gasteiger charge is -2.41. The molecule has 0 spiro atoms. The highest BCUT2D eigenvalue weighted by Crippen LogP contribution is 2.41. The molecule has 1 fully saturated rings. The van der Waals surface area contributed by atoms with Crippen molar-refractivity contribution in [1.82, 2.24) is 4.90 Å². The number of fused-ring (bicyclic) bond motifs is 1. The van der Waals surface area contributed by atoms with Gasteiger partial charge in [0.25, 0.3) is 11.1 Å². The molecular weight excluding hydrogens is 447 g/mol. The number of anilines is 1. The maximum atomic E-state index is 14.2. The zero-order chi connectivity index (χ0) is 23.4. The van der Waals surface area contributed by atoms with Gasteiger partial charge in [-0.15, -0.1) is 0 Å². The van der Waals surface area contributed by atoms with E-state index in [1.165, 1.54) is 17.7 Å². The first kappa shape index (κ1) is 22.6. The van der Waals surface area contributed by atoms with E-state index in [1.54, 1.807) is 12.1 Å². The second kappa shape index (κ2) is 8.09. The van der Waals surface area contributed by atoms with Crippen LogP contribution in [0.1, 0.15) is 43.0 Å². The molecule has 0 bridgehead atoms. The fourth-order valence-electron chi connectivity index (χ4n) is 4.09. The van der Waals surface area contributed by atoms with Crippen molar-refractivity contribution in [3.8, 4) is 0 Å². The van der Waals surface area contributed by atoms with Crippen LogP contribution in [0.4, 0.5) is 14.9 Å². The van der Waals surface area contributed by atoms with Crippen LogP contribution in [0.25, 0.3) is 11.6 Å². The number of halogens is 2. The molecule has 2 aromatic carbocycles. The SMILES string of the molecule is CC1=CC(C)(C)N(C)c2cc(C)c(/C=C3/SC(=O)N(Cc4c(F)cccc4Cl)C3=O)cc21. The highest BCUT2D eigenvalue weighted by Gasteiger charge is 2.36. The fourth-order valence-corrected chi connectivity index (χ4v) is 5.14. The number of hydrogen-bond acceptors (Lipinski definition) is 4. The number of benzene rings is 2. The molecule has 2 heterocycles. The number of imide groups is 1. The third-order valence-electron chi connectivity index (χ3n) is 6.14. The molecule has 0 radical (unpaired) electrons. The van der Waals surface area contributed by atoms with Crippen molar-refractivity contribution < 1.29 is 14.0 Å². The Kier molecular flexibility index (Phi) is 5.72. The minimum Gasteiger partial charge on any atom is -0.365 e. The number of amides is 2. The Balaban J connectivity index is 1.68. The zero-order valence-electron chi connectivity index (χ0n) is 18.6. The van der Waals surface area contributed by atoms with Crippen LogP contribution < -0.4 is 4.90 Å². The summed E-state index contributed by atoms with van der Waals surface area (Å²) in [5, 5.41) is -0.249. The number of hydrogen-bond donors (Lipinski definition) is 0. The van der Waals surface area contributed by atoms with Crippen LogP contribution >= 0.6 is 23.4 Å². The number of likely N-dealkylation sites (N-methyl/N-ethyl adjacent to an activating group) is 1. The Morgan fingerprint density at radius 2 is 1.91 bits per heavy atom. The molecular formula is C25H24ClFN2O2S. The van der Waals surface area contributed by atoms with Gasteiger partial charge in [-0.2, -0.15) is 0 Å². The highest BCUT2D eigenvalue weighted by atomic mass is 35.5. The molecule has 0 saturated carbocycles. The molecule has 32 heavy (non-hydrogen) atoms. The van der Waals surface area contributed by atoms with E-state index in [-0.39, 0.29) is 22.7 Å². The van der Waals surface area contributed by atoms with Gasteiger partial charge >= 0.3 is 0 Å². The summed E-state index contributed by atoms with van der Waals surface area (Å²) >= 11 is 6.95. The van der Waals surface area contributed by atoms with Crippen LogP contribution in [-0.4, -0.2) is 28.6 Å². The third kappa shape index (κ3) is 3.86. The van der Waals surface area contributed by atoms with Crippen LogP contribution in [0.2, 0.25) is 5.02 Å². The molecule has 166 valence electrons. The standard InChI is InChI=1S/C25H24ClFN2O2S/c1-14-9-21-17(15(2)12-25(3,4)28(21)5)10-16(14)11-22-23(30)29(24(31)32-22)13-18-19(26)7-6-8-20(18)27/h6-12H,13H2,1-5H3/b22-11+. The van der Waals surface area contributed by atoms with Crippen LogP contribution in [-0.2, 0) is 11.3 Å². The Morgan fingerprint density at radius 1 is 1.19 bits per heavy atom. The smallest absolute Gasteiger partial charge is 0.293 e. The van der Waals surface area contributed by atoms with E-state index in [1.807, 2.05) is 6.92 Å². The van der Waals surface area contributed by atoms with Gasteiger partial charge in [-0.25, -0.2) is 4.39 Å². The van der Waals surface area contributed by atoms with Crippen LogP contribution in [0.3, 0.4) is 0 Å². The van der Waals surface area contributed by atoms with Crippen LogP contribution in [0.5, 0.6) is 0 Å². The van der Waals surface area contributed by atoms with Crippen molar-refractivity contribution in [1.29, 1.82) is 0 Å². The van der Waals surface area contributed by atoms with E-state index in [4.69, 9.17) is 11.6 Å². The molecule has 0 aliphatic carbocycles. The second-order valence-corrected chi connectivity index (χ2v) is 10.1. The van der Waals surface area contributed by atoms with Crippen molar-refractivity contribution in [2.24, 2.45) is 0 Å². The summed E-state index contributed by atoms with van der Waals surface area (Å²) in [5.41, 5.74) is 5.31. The lowest BCUT2D eigenvalue weighted by Crippen LogP contribution is -2.42. The number of thioether (sulfide) groups is 1. The lowest BCUT2D eigenvalue weighted by atomic mass is 9.87. The predicted molar refractivity (Wildman–Crippen MR) is 130 cm³/mol. The second-order valence-electron chi connectivity index (χ2n) is 8.73. The summed E-state index contributed by atoms with van der Waals surface area (Å²) < 4.78 is 14.2. The summed E-state index contributed by atoms with van der Waals surface area (Å²) in [7, 11) is 2.07. The molecule has 0 aromatic heterocycles. The van der Waals surface area contributed by atoms with Crippen LogP contribution in [0, 0.1) is 12.7 Å². The molecule has 7 heteroatoms. The summed E-state index contributed by atoms with van der Waals surface area (Å²) in [6, 6.07) is 8.47. The minimum absolute atomic E-state index is 0.0956. The monoisotopic (exact) mass is 470 g/mol. The molecule has 2 aromatic rings. The lowest BCUT2D eigenvalue weighted by molar-refractivity contribution is -0.123. The number of allylic oxidation sites excluding steroid dienone is 1. The largest absolute Gasteiger partial charge is 0.365 e. The van der Waals surface area contributed by atoms with Crippen LogP contribution in [0.15, 0.2) is 41.3 Å². The Bertz CT molecular complexity index is 1200.